The minimum Gasteiger partial charge on any atom is -0.496 e. The summed E-state index contributed by atoms with van der Waals surface area (Å²) in [6, 6.07) is 10.5. The number of aryl methyl sites for hydroxylation is 2. The van der Waals surface area contributed by atoms with Gasteiger partial charge in [0, 0.05) is 22.0 Å². The number of hydrogen-bond acceptors (Lipinski definition) is 4. The van der Waals surface area contributed by atoms with Crippen molar-refractivity contribution < 1.29 is 4.74 Å². The Balaban J connectivity index is 1.91. The maximum absolute atomic E-state index is 5.64. The molecule has 0 radical (unpaired) electrons. The van der Waals surface area contributed by atoms with Crippen LogP contribution < -0.4 is 4.74 Å². The summed E-state index contributed by atoms with van der Waals surface area (Å²) in [5.41, 5.74) is 9.30. The van der Waals surface area contributed by atoms with Crippen molar-refractivity contribution in [3.8, 4) is 28.1 Å². The van der Waals surface area contributed by atoms with Crippen LogP contribution in [0, 0.1) is 20.8 Å². The first-order valence-electron chi connectivity index (χ1n) is 9.49. The van der Waals surface area contributed by atoms with Crippen molar-refractivity contribution in [3.63, 3.8) is 0 Å². The molecule has 0 fully saturated rings. The number of ether oxygens (including phenoxy) is 1. The van der Waals surface area contributed by atoms with Crippen molar-refractivity contribution in [3.05, 3.63) is 59.5 Å². The maximum Gasteiger partial charge on any atom is 0.122 e. The number of aromatic amines is 2. The summed E-state index contributed by atoms with van der Waals surface area (Å²) in [4.78, 5) is 4.94. The highest BCUT2D eigenvalue weighted by atomic mass is 16.5. The van der Waals surface area contributed by atoms with Crippen LogP contribution in [0.4, 0.5) is 0 Å². The van der Waals surface area contributed by atoms with E-state index in [1.165, 1.54) is 5.56 Å². The van der Waals surface area contributed by atoms with Crippen molar-refractivity contribution in [2.75, 3.05) is 7.11 Å². The highest BCUT2D eigenvalue weighted by molar-refractivity contribution is 6.12. The van der Waals surface area contributed by atoms with Crippen LogP contribution >= 0.6 is 0 Å². The minimum absolute atomic E-state index is 0.880. The van der Waals surface area contributed by atoms with Crippen LogP contribution in [0.1, 0.15) is 16.8 Å². The summed E-state index contributed by atoms with van der Waals surface area (Å²) in [5.74, 6) is 0.880. The average Bonchev–Trinajstić information content (AvgIpc) is 3.37. The quantitative estimate of drug-likeness (QED) is 0.454. The van der Waals surface area contributed by atoms with Crippen LogP contribution in [-0.4, -0.2) is 32.5 Å². The van der Waals surface area contributed by atoms with Gasteiger partial charge in [-0.1, -0.05) is 6.07 Å². The molecule has 0 amide bonds. The first kappa shape index (κ1) is 17.4. The number of fused-ring (bicyclic) bond motifs is 3. The third kappa shape index (κ3) is 2.68. The fraction of sp³-hybridized carbons (Fsp3) is 0.174. The molecule has 0 aliphatic heterocycles. The standard InChI is InChI=1S/C23H21N5O/c1-12-7-15(8-22(29-4)13(12)2)16-9-21(17-10-24-27-14(17)3)26-20-6-5-19-18(23(16)20)11-25-28-19/h5-11H,1-4H3,(H,24,27)(H,25,28). The second-order valence-corrected chi connectivity index (χ2v) is 7.38. The van der Waals surface area contributed by atoms with Gasteiger partial charge in [-0.05, 0) is 67.3 Å². The highest BCUT2D eigenvalue weighted by Crippen LogP contribution is 2.38. The second kappa shape index (κ2) is 6.44. The van der Waals surface area contributed by atoms with Gasteiger partial charge in [0.15, 0.2) is 0 Å². The summed E-state index contributed by atoms with van der Waals surface area (Å²) in [5, 5.41) is 16.6. The third-order valence-corrected chi connectivity index (χ3v) is 5.65. The predicted octanol–water partition coefficient (Wildman–Crippen LogP) is 5.10. The first-order valence-corrected chi connectivity index (χ1v) is 9.49. The molecule has 2 aromatic carbocycles. The molecular formula is C23H21N5O. The Bertz CT molecular complexity index is 1380. The molecule has 2 N–H and O–H groups in total. The fourth-order valence-corrected chi connectivity index (χ4v) is 3.92. The van der Waals surface area contributed by atoms with Crippen LogP contribution in [0.25, 0.3) is 44.2 Å². The van der Waals surface area contributed by atoms with Crippen LogP contribution in [0.3, 0.4) is 0 Å². The van der Waals surface area contributed by atoms with Gasteiger partial charge in [-0.3, -0.25) is 10.2 Å². The van der Waals surface area contributed by atoms with Crippen LogP contribution in [0.15, 0.2) is 42.7 Å². The minimum atomic E-state index is 0.880. The van der Waals surface area contributed by atoms with Gasteiger partial charge in [0.05, 0.1) is 36.2 Å². The maximum atomic E-state index is 5.64. The average molecular weight is 383 g/mol. The summed E-state index contributed by atoms with van der Waals surface area (Å²) >= 11 is 0. The van der Waals surface area contributed by atoms with Gasteiger partial charge in [0.2, 0.25) is 0 Å². The molecule has 0 atom stereocenters. The third-order valence-electron chi connectivity index (χ3n) is 5.65. The van der Waals surface area contributed by atoms with E-state index < -0.39 is 0 Å². The number of benzene rings is 2. The zero-order valence-corrected chi connectivity index (χ0v) is 16.8. The summed E-state index contributed by atoms with van der Waals surface area (Å²) in [6.45, 7) is 6.20. The highest BCUT2D eigenvalue weighted by Gasteiger charge is 2.16. The molecule has 0 saturated heterocycles. The number of H-pyrrole nitrogens is 2. The Morgan fingerprint density at radius 3 is 2.48 bits per heavy atom. The summed E-state index contributed by atoms with van der Waals surface area (Å²) < 4.78 is 5.64. The van der Waals surface area contributed by atoms with E-state index in [9.17, 15) is 0 Å². The summed E-state index contributed by atoms with van der Waals surface area (Å²) in [7, 11) is 1.71. The Hall–Kier alpha value is -3.67. The summed E-state index contributed by atoms with van der Waals surface area (Å²) in [6.07, 6.45) is 3.69. The van der Waals surface area contributed by atoms with E-state index in [1.807, 2.05) is 31.5 Å². The molecule has 0 bridgehead atoms. The van der Waals surface area contributed by atoms with Crippen LogP contribution in [-0.2, 0) is 0 Å². The molecular weight excluding hydrogens is 362 g/mol. The second-order valence-electron chi connectivity index (χ2n) is 7.38. The molecule has 0 aliphatic carbocycles. The number of rotatable bonds is 3. The van der Waals surface area contributed by atoms with Gasteiger partial charge in [0.1, 0.15) is 5.75 Å². The van der Waals surface area contributed by atoms with E-state index in [2.05, 4.69) is 52.4 Å². The van der Waals surface area contributed by atoms with Crippen molar-refractivity contribution in [2.24, 2.45) is 0 Å². The number of pyridine rings is 1. The van der Waals surface area contributed by atoms with Crippen molar-refractivity contribution in [1.82, 2.24) is 25.4 Å². The van der Waals surface area contributed by atoms with E-state index >= 15 is 0 Å². The lowest BCUT2D eigenvalue weighted by Crippen LogP contribution is -1.94. The van der Waals surface area contributed by atoms with Gasteiger partial charge in [-0.25, -0.2) is 4.98 Å². The van der Waals surface area contributed by atoms with E-state index in [0.717, 1.165) is 61.2 Å². The zero-order chi connectivity index (χ0) is 20.1. The zero-order valence-electron chi connectivity index (χ0n) is 16.8. The largest absolute Gasteiger partial charge is 0.496 e. The van der Waals surface area contributed by atoms with E-state index in [-0.39, 0.29) is 0 Å². The molecule has 6 nitrogen and oxygen atoms in total. The van der Waals surface area contributed by atoms with Crippen molar-refractivity contribution in [1.29, 1.82) is 0 Å². The predicted molar refractivity (Wildman–Crippen MR) is 115 cm³/mol. The van der Waals surface area contributed by atoms with Gasteiger partial charge >= 0.3 is 0 Å². The monoisotopic (exact) mass is 383 g/mol. The molecule has 5 rings (SSSR count). The molecule has 0 saturated carbocycles. The van der Waals surface area contributed by atoms with Crippen LogP contribution in [0.2, 0.25) is 0 Å². The number of methoxy groups -OCH3 is 1. The molecule has 3 heterocycles. The molecule has 0 unspecified atom stereocenters. The molecule has 29 heavy (non-hydrogen) atoms. The fourth-order valence-electron chi connectivity index (χ4n) is 3.92. The number of nitrogens with one attached hydrogen (secondary N) is 2. The van der Waals surface area contributed by atoms with Crippen molar-refractivity contribution in [2.45, 2.75) is 20.8 Å². The Morgan fingerprint density at radius 2 is 1.72 bits per heavy atom. The van der Waals surface area contributed by atoms with Gasteiger partial charge in [0.25, 0.3) is 0 Å². The van der Waals surface area contributed by atoms with E-state index in [1.54, 1.807) is 7.11 Å². The lowest BCUT2D eigenvalue weighted by Gasteiger charge is -2.15. The van der Waals surface area contributed by atoms with E-state index in [0.29, 0.717) is 0 Å². The van der Waals surface area contributed by atoms with Crippen LogP contribution in [0.5, 0.6) is 5.75 Å². The lowest BCUT2D eigenvalue weighted by atomic mass is 9.94. The molecule has 144 valence electrons. The van der Waals surface area contributed by atoms with Gasteiger partial charge in [-0.15, -0.1) is 0 Å². The number of nitrogens with zero attached hydrogens (tertiary/aromatic N) is 3. The van der Waals surface area contributed by atoms with Gasteiger partial charge < -0.3 is 4.74 Å². The molecule has 6 heteroatoms. The SMILES string of the molecule is COc1cc(-c2cc(-c3cn[nH]c3C)nc3ccc4[nH]ncc4c23)cc(C)c1C. The lowest BCUT2D eigenvalue weighted by molar-refractivity contribution is 0.411. The molecule has 5 aromatic rings. The first-order chi connectivity index (χ1) is 14.1. The molecule has 3 aromatic heterocycles. The normalized spacial score (nSPS) is 11.4. The Labute approximate surface area is 167 Å². The Morgan fingerprint density at radius 1 is 0.897 bits per heavy atom. The number of hydrogen-bond donors (Lipinski definition) is 2. The van der Waals surface area contributed by atoms with Gasteiger partial charge in [-0.2, -0.15) is 10.2 Å². The molecule has 0 aliphatic rings. The number of aromatic nitrogens is 5. The molecule has 0 spiro atoms. The van der Waals surface area contributed by atoms with Crippen molar-refractivity contribution >= 4 is 21.8 Å². The Kier molecular flexibility index (Phi) is 3.87. The van der Waals surface area contributed by atoms with E-state index in [4.69, 9.17) is 9.72 Å². The smallest absolute Gasteiger partial charge is 0.122 e. The topological polar surface area (TPSA) is 79.5 Å².